The highest BCUT2D eigenvalue weighted by Gasteiger charge is 2.29. The highest BCUT2D eigenvalue weighted by atomic mass is 79.9. The van der Waals surface area contributed by atoms with Gasteiger partial charge in [-0.2, -0.15) is 0 Å². The standard InChI is InChI=1S/C16H22BrNOS/c1-16(2,3)8-11(17)9-18-15(19)13-10-20-14-7-5-4-6-12(13)14/h4-7,11,13H,8-10H2,1-3H3,(H,18,19). The molecule has 2 rings (SSSR count). The van der Waals surface area contributed by atoms with Gasteiger partial charge in [-0.3, -0.25) is 4.79 Å². The second-order valence-corrected chi connectivity index (χ2v) is 8.87. The molecule has 0 aromatic heterocycles. The van der Waals surface area contributed by atoms with E-state index >= 15 is 0 Å². The van der Waals surface area contributed by atoms with Gasteiger partial charge in [0.25, 0.3) is 0 Å². The normalized spacial score (nSPS) is 19.5. The van der Waals surface area contributed by atoms with Gasteiger partial charge in [-0.15, -0.1) is 11.8 Å². The number of amides is 1. The fraction of sp³-hybridized carbons (Fsp3) is 0.562. The van der Waals surface area contributed by atoms with Crippen LogP contribution in [0.4, 0.5) is 0 Å². The summed E-state index contributed by atoms with van der Waals surface area (Å²) in [7, 11) is 0. The van der Waals surface area contributed by atoms with Crippen molar-refractivity contribution >= 4 is 33.6 Å². The fourth-order valence-electron chi connectivity index (χ4n) is 2.45. The largest absolute Gasteiger partial charge is 0.354 e. The maximum absolute atomic E-state index is 12.3. The third-order valence-electron chi connectivity index (χ3n) is 3.35. The molecule has 20 heavy (non-hydrogen) atoms. The number of nitrogens with one attached hydrogen (secondary N) is 1. The number of thioether (sulfide) groups is 1. The summed E-state index contributed by atoms with van der Waals surface area (Å²) in [4.78, 5) is 13.9. The Morgan fingerprint density at radius 2 is 2.15 bits per heavy atom. The summed E-state index contributed by atoms with van der Waals surface area (Å²) in [5, 5.41) is 3.09. The predicted molar refractivity (Wildman–Crippen MR) is 89.7 cm³/mol. The van der Waals surface area contributed by atoms with Crippen LogP contribution in [0.3, 0.4) is 0 Å². The number of rotatable bonds is 4. The molecule has 2 atom stereocenters. The molecular weight excluding hydrogens is 334 g/mol. The monoisotopic (exact) mass is 355 g/mol. The molecule has 0 saturated heterocycles. The summed E-state index contributed by atoms with van der Waals surface area (Å²) in [6.45, 7) is 7.34. The molecule has 2 nitrogen and oxygen atoms in total. The van der Waals surface area contributed by atoms with Crippen molar-refractivity contribution < 1.29 is 4.79 Å². The molecule has 110 valence electrons. The predicted octanol–water partition coefficient (Wildman–Crippen LogP) is 4.19. The lowest BCUT2D eigenvalue weighted by atomic mass is 9.90. The molecule has 0 saturated carbocycles. The van der Waals surface area contributed by atoms with Gasteiger partial charge in [0.15, 0.2) is 0 Å². The topological polar surface area (TPSA) is 29.1 Å². The van der Waals surface area contributed by atoms with Crippen molar-refractivity contribution in [2.24, 2.45) is 5.41 Å². The molecule has 1 N–H and O–H groups in total. The van der Waals surface area contributed by atoms with Crippen LogP contribution in [0.15, 0.2) is 29.2 Å². The van der Waals surface area contributed by atoms with Gasteiger partial charge in [0.05, 0.1) is 5.92 Å². The van der Waals surface area contributed by atoms with Crippen LogP contribution >= 0.6 is 27.7 Å². The molecule has 4 heteroatoms. The quantitative estimate of drug-likeness (QED) is 0.820. The summed E-state index contributed by atoms with van der Waals surface area (Å²) in [5.74, 6) is 1.02. The Labute approximate surface area is 134 Å². The summed E-state index contributed by atoms with van der Waals surface area (Å²) in [6, 6.07) is 8.21. The van der Waals surface area contributed by atoms with Gasteiger partial charge in [0.2, 0.25) is 5.91 Å². The number of halogens is 1. The van der Waals surface area contributed by atoms with E-state index in [0.717, 1.165) is 12.2 Å². The van der Waals surface area contributed by atoms with Crippen LogP contribution in [0.2, 0.25) is 0 Å². The molecule has 1 aromatic carbocycles. The zero-order valence-electron chi connectivity index (χ0n) is 12.3. The van der Waals surface area contributed by atoms with Gasteiger partial charge in [0.1, 0.15) is 0 Å². The number of alkyl halides is 1. The number of fused-ring (bicyclic) bond motifs is 1. The Hall–Kier alpha value is -0.480. The van der Waals surface area contributed by atoms with Crippen LogP contribution in [0.1, 0.15) is 38.7 Å². The lowest BCUT2D eigenvalue weighted by Crippen LogP contribution is -2.35. The Balaban J connectivity index is 1.88. The van der Waals surface area contributed by atoms with E-state index in [4.69, 9.17) is 0 Å². The first-order chi connectivity index (χ1) is 9.37. The van der Waals surface area contributed by atoms with Crippen molar-refractivity contribution in [3.63, 3.8) is 0 Å². The zero-order chi connectivity index (χ0) is 14.8. The van der Waals surface area contributed by atoms with Crippen molar-refractivity contribution in [3.05, 3.63) is 29.8 Å². The van der Waals surface area contributed by atoms with Crippen molar-refractivity contribution in [2.45, 2.75) is 42.8 Å². The highest BCUT2D eigenvalue weighted by molar-refractivity contribution is 9.09. The van der Waals surface area contributed by atoms with Crippen LogP contribution in [0, 0.1) is 5.41 Å². The van der Waals surface area contributed by atoms with E-state index in [1.165, 1.54) is 10.5 Å². The van der Waals surface area contributed by atoms with E-state index in [1.54, 1.807) is 11.8 Å². The summed E-state index contributed by atoms with van der Waals surface area (Å²) >= 11 is 5.44. The number of hydrogen-bond donors (Lipinski definition) is 1. The molecule has 1 aliphatic rings. The number of hydrogen-bond acceptors (Lipinski definition) is 2. The molecule has 0 bridgehead atoms. The lowest BCUT2D eigenvalue weighted by Gasteiger charge is -2.22. The van der Waals surface area contributed by atoms with E-state index < -0.39 is 0 Å². The maximum Gasteiger partial charge on any atom is 0.228 e. The van der Waals surface area contributed by atoms with Gasteiger partial charge in [-0.25, -0.2) is 0 Å². The molecule has 0 fully saturated rings. The minimum absolute atomic E-state index is 0.00513. The maximum atomic E-state index is 12.3. The van der Waals surface area contributed by atoms with E-state index in [9.17, 15) is 4.79 Å². The van der Waals surface area contributed by atoms with Crippen LogP contribution in [0.5, 0.6) is 0 Å². The fourth-order valence-corrected chi connectivity index (χ4v) is 4.81. The highest BCUT2D eigenvalue weighted by Crippen LogP contribution is 2.39. The Morgan fingerprint density at radius 1 is 1.45 bits per heavy atom. The molecule has 2 unspecified atom stereocenters. The molecule has 1 amide bonds. The molecule has 1 aromatic rings. The van der Waals surface area contributed by atoms with Crippen molar-refractivity contribution in [1.82, 2.24) is 5.32 Å². The van der Waals surface area contributed by atoms with Crippen molar-refractivity contribution in [2.75, 3.05) is 12.3 Å². The van der Waals surface area contributed by atoms with E-state index in [-0.39, 0.29) is 17.2 Å². The minimum Gasteiger partial charge on any atom is -0.354 e. The summed E-state index contributed by atoms with van der Waals surface area (Å²) < 4.78 is 0. The van der Waals surface area contributed by atoms with Crippen molar-refractivity contribution in [1.29, 1.82) is 0 Å². The van der Waals surface area contributed by atoms with E-state index in [1.807, 2.05) is 12.1 Å². The molecule has 0 aliphatic carbocycles. The van der Waals surface area contributed by atoms with Crippen LogP contribution in [0.25, 0.3) is 0 Å². The van der Waals surface area contributed by atoms with Gasteiger partial charge < -0.3 is 5.32 Å². The first-order valence-electron chi connectivity index (χ1n) is 7.00. The Bertz CT molecular complexity index is 484. The second-order valence-electron chi connectivity index (χ2n) is 6.51. The number of benzene rings is 1. The first kappa shape index (κ1) is 15.9. The zero-order valence-corrected chi connectivity index (χ0v) is 14.7. The first-order valence-corrected chi connectivity index (χ1v) is 8.90. The molecule has 1 heterocycles. The van der Waals surface area contributed by atoms with Gasteiger partial charge >= 0.3 is 0 Å². The minimum atomic E-state index is 0.00513. The third-order valence-corrected chi connectivity index (χ3v) is 5.18. The van der Waals surface area contributed by atoms with Gasteiger partial charge in [-0.1, -0.05) is 54.9 Å². The molecule has 0 spiro atoms. The number of carbonyl (C=O) groups is 1. The van der Waals surface area contributed by atoms with Crippen LogP contribution in [-0.4, -0.2) is 23.0 Å². The van der Waals surface area contributed by atoms with E-state index in [2.05, 4.69) is 54.2 Å². The average molecular weight is 356 g/mol. The van der Waals surface area contributed by atoms with Gasteiger partial charge in [-0.05, 0) is 23.5 Å². The third kappa shape index (κ3) is 4.26. The van der Waals surface area contributed by atoms with Crippen LogP contribution < -0.4 is 5.32 Å². The number of carbonyl (C=O) groups excluding carboxylic acids is 1. The summed E-state index contributed by atoms with van der Waals surface area (Å²) in [6.07, 6.45) is 1.04. The Kier molecular flexibility index (Phi) is 5.19. The van der Waals surface area contributed by atoms with Crippen LogP contribution in [-0.2, 0) is 4.79 Å². The second kappa shape index (κ2) is 6.52. The smallest absolute Gasteiger partial charge is 0.228 e. The SMILES string of the molecule is CC(C)(C)CC(Br)CNC(=O)C1CSc2ccccc21. The average Bonchev–Trinajstić information content (AvgIpc) is 2.78. The molecular formula is C16H22BrNOS. The Morgan fingerprint density at radius 3 is 2.85 bits per heavy atom. The van der Waals surface area contributed by atoms with Crippen molar-refractivity contribution in [3.8, 4) is 0 Å². The molecule has 1 aliphatic heterocycles. The summed E-state index contributed by atoms with van der Waals surface area (Å²) in [5.41, 5.74) is 1.45. The van der Waals surface area contributed by atoms with Gasteiger partial charge in [0, 0.05) is 22.0 Å². The lowest BCUT2D eigenvalue weighted by molar-refractivity contribution is -0.122. The van der Waals surface area contributed by atoms with E-state index in [0.29, 0.717) is 11.4 Å². The molecule has 0 radical (unpaired) electrons.